The van der Waals surface area contributed by atoms with Crippen molar-refractivity contribution in [3.8, 4) is 11.4 Å². The van der Waals surface area contributed by atoms with Crippen molar-refractivity contribution in [2.24, 2.45) is 0 Å². The molecule has 0 atom stereocenters. The van der Waals surface area contributed by atoms with Gasteiger partial charge in [0.05, 0.1) is 12.8 Å². The van der Waals surface area contributed by atoms with Crippen molar-refractivity contribution >= 4 is 21.5 Å². The molecule has 0 aliphatic rings. The molecule has 8 heteroatoms. The Kier molecular flexibility index (Phi) is 3.58. The summed E-state index contributed by atoms with van der Waals surface area (Å²) in [6, 6.07) is 6.98. The van der Waals surface area contributed by atoms with Crippen LogP contribution in [0.4, 0.5) is 11.6 Å². The van der Waals surface area contributed by atoms with Gasteiger partial charge in [-0.2, -0.15) is 0 Å². The Labute approximate surface area is 117 Å². The lowest BCUT2D eigenvalue weighted by atomic mass is 10.3. The van der Waals surface area contributed by atoms with Gasteiger partial charge in [0.2, 0.25) is 0 Å². The van der Waals surface area contributed by atoms with Crippen molar-refractivity contribution in [3.63, 3.8) is 0 Å². The fraction of sp³-hybridized carbons (Fsp3) is 0.250. The van der Waals surface area contributed by atoms with Crippen molar-refractivity contribution in [3.05, 3.63) is 24.3 Å². The number of hydrogen-bond acceptors (Lipinski definition) is 6. The van der Waals surface area contributed by atoms with Crippen LogP contribution in [0.1, 0.15) is 0 Å². The first-order valence-corrected chi connectivity index (χ1v) is 7.68. The van der Waals surface area contributed by atoms with Crippen molar-refractivity contribution in [2.45, 2.75) is 4.90 Å². The van der Waals surface area contributed by atoms with Crippen LogP contribution in [0.15, 0.2) is 29.2 Å². The smallest absolute Gasteiger partial charge is 0.182 e. The number of rotatable bonds is 4. The van der Waals surface area contributed by atoms with E-state index in [0.717, 1.165) is 6.26 Å². The van der Waals surface area contributed by atoms with Gasteiger partial charge >= 0.3 is 0 Å². The predicted octanol–water partition coefficient (Wildman–Crippen LogP) is 0.908. The van der Waals surface area contributed by atoms with Crippen LogP contribution in [0, 0.1) is 0 Å². The fourth-order valence-electron chi connectivity index (χ4n) is 1.87. The average molecular weight is 296 g/mol. The lowest BCUT2D eigenvalue weighted by Crippen LogP contribution is -2.06. The second-order valence-corrected chi connectivity index (χ2v) is 6.15. The largest absolute Gasteiger partial charge is 0.497 e. The number of hydrogen-bond donors (Lipinski definition) is 2. The quantitative estimate of drug-likeness (QED) is 0.870. The van der Waals surface area contributed by atoms with Crippen LogP contribution in [-0.4, -0.2) is 38.6 Å². The molecule has 0 bridgehead atoms. The van der Waals surface area contributed by atoms with Crippen LogP contribution in [0.25, 0.3) is 5.69 Å². The van der Waals surface area contributed by atoms with E-state index in [1.807, 2.05) is 0 Å². The molecule has 0 aliphatic carbocycles. The summed E-state index contributed by atoms with van der Waals surface area (Å²) in [6.45, 7) is 0. The molecule has 3 N–H and O–H groups in total. The lowest BCUT2D eigenvalue weighted by Gasteiger charge is -2.05. The third-order valence-electron chi connectivity index (χ3n) is 2.80. The van der Waals surface area contributed by atoms with Crippen molar-refractivity contribution in [1.82, 2.24) is 9.78 Å². The Hall–Kier alpha value is -2.22. The maximum atomic E-state index is 11.8. The maximum absolute atomic E-state index is 11.8. The minimum Gasteiger partial charge on any atom is -0.497 e. The summed E-state index contributed by atoms with van der Waals surface area (Å²) >= 11 is 0. The molecule has 0 saturated carbocycles. The first-order chi connectivity index (χ1) is 9.38. The molecule has 0 amide bonds. The minimum absolute atomic E-state index is 0.00387. The second-order valence-electron chi connectivity index (χ2n) is 4.19. The Morgan fingerprint density at radius 1 is 1.30 bits per heavy atom. The molecule has 1 heterocycles. The van der Waals surface area contributed by atoms with Gasteiger partial charge in [-0.3, -0.25) is 0 Å². The molecule has 2 rings (SSSR count). The van der Waals surface area contributed by atoms with Gasteiger partial charge in [-0.25, -0.2) is 13.1 Å². The molecule has 108 valence electrons. The highest BCUT2D eigenvalue weighted by Gasteiger charge is 2.24. The summed E-state index contributed by atoms with van der Waals surface area (Å²) in [7, 11) is -0.312. The average Bonchev–Trinajstić information content (AvgIpc) is 2.75. The molecule has 7 nitrogen and oxygen atoms in total. The van der Waals surface area contributed by atoms with E-state index in [1.165, 1.54) is 4.68 Å². The normalized spacial score (nSPS) is 11.3. The number of methoxy groups -OCH3 is 1. The topological polar surface area (TPSA) is 99.2 Å². The van der Waals surface area contributed by atoms with Crippen LogP contribution in [0.3, 0.4) is 0 Å². The number of ether oxygens (including phenoxy) is 1. The van der Waals surface area contributed by atoms with Crippen LogP contribution in [-0.2, 0) is 9.84 Å². The Morgan fingerprint density at radius 3 is 2.30 bits per heavy atom. The van der Waals surface area contributed by atoms with E-state index in [0.29, 0.717) is 11.4 Å². The number of nitrogens with zero attached hydrogens (tertiary/aromatic N) is 2. The molecular weight excluding hydrogens is 280 g/mol. The van der Waals surface area contributed by atoms with Gasteiger partial charge in [0, 0.05) is 13.3 Å². The van der Waals surface area contributed by atoms with E-state index in [1.54, 1.807) is 38.4 Å². The van der Waals surface area contributed by atoms with Gasteiger partial charge in [-0.15, -0.1) is 5.10 Å². The molecule has 1 aromatic carbocycles. The maximum Gasteiger partial charge on any atom is 0.182 e. The van der Waals surface area contributed by atoms with E-state index < -0.39 is 9.84 Å². The molecule has 0 aliphatic heterocycles. The molecule has 0 radical (unpaired) electrons. The molecule has 0 unspecified atom stereocenters. The zero-order chi connectivity index (χ0) is 14.9. The molecule has 1 aromatic heterocycles. The second kappa shape index (κ2) is 5.04. The molecule has 0 fully saturated rings. The van der Waals surface area contributed by atoms with E-state index in [2.05, 4.69) is 10.4 Å². The summed E-state index contributed by atoms with van der Waals surface area (Å²) in [4.78, 5) is -0.00387. The number of nitrogens with two attached hydrogens (primary N) is 1. The monoisotopic (exact) mass is 296 g/mol. The zero-order valence-electron chi connectivity index (χ0n) is 11.4. The molecule has 0 spiro atoms. The third-order valence-corrected chi connectivity index (χ3v) is 3.94. The van der Waals surface area contributed by atoms with Gasteiger partial charge in [-0.05, 0) is 24.3 Å². The molecule has 2 aromatic rings. The first kappa shape index (κ1) is 14.2. The van der Waals surface area contributed by atoms with Crippen molar-refractivity contribution < 1.29 is 13.2 Å². The summed E-state index contributed by atoms with van der Waals surface area (Å²) in [5, 5.41) is 6.92. The number of nitrogens with one attached hydrogen (secondary N) is 1. The van der Waals surface area contributed by atoms with E-state index >= 15 is 0 Å². The molecule has 0 saturated heterocycles. The van der Waals surface area contributed by atoms with Crippen molar-refractivity contribution in [2.75, 3.05) is 31.5 Å². The summed E-state index contributed by atoms with van der Waals surface area (Å²) in [5.41, 5.74) is 6.57. The van der Waals surface area contributed by atoms with Gasteiger partial charge in [0.1, 0.15) is 11.6 Å². The van der Waals surface area contributed by atoms with Gasteiger partial charge in [0.15, 0.2) is 20.6 Å². The zero-order valence-corrected chi connectivity index (χ0v) is 12.2. The predicted molar refractivity (Wildman–Crippen MR) is 77.2 cm³/mol. The number of benzene rings is 1. The molecule has 20 heavy (non-hydrogen) atoms. The third kappa shape index (κ3) is 2.42. The van der Waals surface area contributed by atoms with Crippen molar-refractivity contribution in [1.29, 1.82) is 0 Å². The van der Waals surface area contributed by atoms with Gasteiger partial charge < -0.3 is 15.8 Å². The minimum atomic E-state index is -3.47. The standard InChI is InChI=1S/C12H16N4O3S/c1-14-12-10(20(3,17)18)11(13)16(15-12)8-4-6-9(19-2)7-5-8/h4-7H,13H2,1-3H3,(H,14,15). The molecular formula is C12H16N4O3S. The number of sulfone groups is 1. The van der Waals surface area contributed by atoms with Crippen LogP contribution >= 0.6 is 0 Å². The Morgan fingerprint density at radius 2 is 1.90 bits per heavy atom. The van der Waals surface area contributed by atoms with E-state index in [4.69, 9.17) is 10.5 Å². The lowest BCUT2D eigenvalue weighted by molar-refractivity contribution is 0.414. The number of aromatic nitrogens is 2. The Bertz CT molecular complexity index is 720. The highest BCUT2D eigenvalue weighted by atomic mass is 32.2. The SMILES string of the molecule is CNc1nn(-c2ccc(OC)cc2)c(N)c1S(C)(=O)=O. The first-order valence-electron chi connectivity index (χ1n) is 5.79. The van der Waals surface area contributed by atoms with Gasteiger partial charge in [0.25, 0.3) is 0 Å². The van der Waals surface area contributed by atoms with E-state index in [-0.39, 0.29) is 16.5 Å². The van der Waals surface area contributed by atoms with E-state index in [9.17, 15) is 8.42 Å². The van der Waals surface area contributed by atoms with Crippen LogP contribution in [0.2, 0.25) is 0 Å². The van der Waals surface area contributed by atoms with Crippen LogP contribution < -0.4 is 15.8 Å². The summed E-state index contributed by atoms with van der Waals surface area (Å²) < 4.78 is 30.0. The summed E-state index contributed by atoms with van der Waals surface area (Å²) in [5.74, 6) is 0.986. The summed E-state index contributed by atoms with van der Waals surface area (Å²) in [6.07, 6.45) is 1.10. The number of nitrogen functional groups attached to an aromatic ring is 1. The fourth-order valence-corrected chi connectivity index (χ4v) is 2.83. The highest BCUT2D eigenvalue weighted by Crippen LogP contribution is 2.29. The number of anilines is 2. The van der Waals surface area contributed by atoms with Crippen LogP contribution in [0.5, 0.6) is 5.75 Å². The van der Waals surface area contributed by atoms with Gasteiger partial charge in [-0.1, -0.05) is 0 Å². The highest BCUT2D eigenvalue weighted by molar-refractivity contribution is 7.91. The Balaban J connectivity index is 2.60.